The van der Waals surface area contributed by atoms with Crippen molar-refractivity contribution in [2.45, 2.75) is 24.7 Å². The third kappa shape index (κ3) is 3.15. The molecule has 0 saturated heterocycles. The van der Waals surface area contributed by atoms with Gasteiger partial charge in [-0.25, -0.2) is 0 Å². The molecule has 6 heteroatoms. The summed E-state index contributed by atoms with van der Waals surface area (Å²) in [5.41, 5.74) is 6.58. The van der Waals surface area contributed by atoms with Crippen LogP contribution in [0.1, 0.15) is 35.2 Å². The molecule has 0 bridgehead atoms. The van der Waals surface area contributed by atoms with Crippen molar-refractivity contribution in [1.29, 1.82) is 0 Å². The number of carbonyl (C=O) groups excluding carboxylic acids is 2. The van der Waals surface area contributed by atoms with Gasteiger partial charge >= 0.3 is 0 Å². The van der Waals surface area contributed by atoms with Crippen LogP contribution in [0.15, 0.2) is 60.8 Å². The fraction of sp³-hybridized carbons (Fsp3) is 0.190. The number of hydrazine groups is 1. The summed E-state index contributed by atoms with van der Waals surface area (Å²) in [6.45, 7) is 0. The lowest BCUT2D eigenvalue weighted by Crippen LogP contribution is -2.54. The third-order valence-corrected chi connectivity index (χ3v) is 5.43. The molecule has 1 aliphatic carbocycles. The Bertz CT molecular complexity index is 1030. The van der Waals surface area contributed by atoms with Gasteiger partial charge in [-0.1, -0.05) is 42.3 Å². The van der Waals surface area contributed by atoms with E-state index in [0.29, 0.717) is 10.6 Å². The molecule has 1 heterocycles. The molecule has 27 heavy (non-hydrogen) atoms. The van der Waals surface area contributed by atoms with Gasteiger partial charge in [0, 0.05) is 16.6 Å². The number of benzene rings is 2. The van der Waals surface area contributed by atoms with Crippen molar-refractivity contribution < 1.29 is 9.59 Å². The second kappa shape index (κ2) is 7.00. The van der Waals surface area contributed by atoms with Crippen LogP contribution < -0.4 is 10.9 Å². The number of hydrogen-bond acceptors (Lipinski definition) is 3. The van der Waals surface area contributed by atoms with E-state index in [-0.39, 0.29) is 11.8 Å². The lowest BCUT2D eigenvalue weighted by atomic mass is 9.64. The molecule has 0 radical (unpaired) electrons. The zero-order chi connectivity index (χ0) is 18.9. The van der Waals surface area contributed by atoms with Gasteiger partial charge in [-0.3, -0.25) is 25.4 Å². The second-order valence-electron chi connectivity index (χ2n) is 6.73. The first-order chi connectivity index (χ1) is 13.1. The van der Waals surface area contributed by atoms with Crippen LogP contribution in [0.3, 0.4) is 0 Å². The highest BCUT2D eigenvalue weighted by molar-refractivity contribution is 6.30. The van der Waals surface area contributed by atoms with Crippen LogP contribution in [-0.2, 0) is 10.2 Å². The highest BCUT2D eigenvalue weighted by Gasteiger charge is 2.45. The Morgan fingerprint density at radius 1 is 1.00 bits per heavy atom. The van der Waals surface area contributed by atoms with Gasteiger partial charge in [-0.15, -0.1) is 0 Å². The number of nitrogens with zero attached hydrogens (tertiary/aromatic N) is 1. The molecule has 1 aromatic heterocycles. The third-order valence-electron chi connectivity index (χ3n) is 5.20. The van der Waals surface area contributed by atoms with E-state index in [0.717, 1.165) is 35.7 Å². The van der Waals surface area contributed by atoms with E-state index in [9.17, 15) is 9.59 Å². The molecule has 0 atom stereocenters. The van der Waals surface area contributed by atoms with E-state index in [1.165, 1.54) is 0 Å². The maximum absolute atomic E-state index is 12.9. The molecule has 1 fully saturated rings. The minimum atomic E-state index is -0.640. The van der Waals surface area contributed by atoms with Gasteiger partial charge in [0.15, 0.2) is 0 Å². The molecular formula is C21H18ClN3O2. The minimum Gasteiger partial charge on any atom is -0.272 e. The van der Waals surface area contributed by atoms with Crippen molar-refractivity contribution in [3.63, 3.8) is 0 Å². The number of nitrogens with one attached hydrogen (secondary N) is 2. The van der Waals surface area contributed by atoms with Crippen molar-refractivity contribution in [3.05, 3.63) is 76.9 Å². The van der Waals surface area contributed by atoms with Crippen molar-refractivity contribution in [1.82, 2.24) is 15.8 Å². The molecule has 5 nitrogen and oxygen atoms in total. The van der Waals surface area contributed by atoms with Crippen LogP contribution in [0.5, 0.6) is 0 Å². The fourth-order valence-electron chi connectivity index (χ4n) is 3.57. The van der Waals surface area contributed by atoms with Gasteiger partial charge in [0.25, 0.3) is 5.91 Å². The molecule has 2 aromatic carbocycles. The first-order valence-electron chi connectivity index (χ1n) is 8.81. The van der Waals surface area contributed by atoms with E-state index >= 15 is 0 Å². The van der Waals surface area contributed by atoms with Crippen molar-refractivity contribution in [2.24, 2.45) is 0 Å². The summed E-state index contributed by atoms with van der Waals surface area (Å²) >= 11 is 6.09. The predicted octanol–water partition coefficient (Wildman–Crippen LogP) is 3.77. The first-order valence-corrected chi connectivity index (χ1v) is 9.18. The standard InChI is InChI=1S/C21H18ClN3O2/c22-15-6-1-5-14(13-15)21(10-4-11-21)20(27)25-24-19(26)17-7-2-9-18-16(17)8-3-12-23-18/h1-3,5-9,12-13H,4,10-11H2,(H,24,26)(H,25,27). The van der Waals surface area contributed by atoms with E-state index in [4.69, 9.17) is 11.6 Å². The van der Waals surface area contributed by atoms with Gasteiger partial charge in [0.1, 0.15) is 0 Å². The molecule has 0 spiro atoms. The summed E-state index contributed by atoms with van der Waals surface area (Å²) < 4.78 is 0. The Balaban J connectivity index is 1.52. The number of hydrogen-bond donors (Lipinski definition) is 2. The molecule has 2 amide bonds. The van der Waals surface area contributed by atoms with E-state index in [1.54, 1.807) is 30.5 Å². The zero-order valence-corrected chi connectivity index (χ0v) is 15.3. The minimum absolute atomic E-state index is 0.220. The van der Waals surface area contributed by atoms with Gasteiger partial charge in [0.05, 0.1) is 16.5 Å². The summed E-state index contributed by atoms with van der Waals surface area (Å²) in [5.74, 6) is -0.592. The van der Waals surface area contributed by atoms with Crippen LogP contribution in [-0.4, -0.2) is 16.8 Å². The van der Waals surface area contributed by atoms with E-state index < -0.39 is 5.41 Å². The van der Waals surface area contributed by atoms with Crippen molar-refractivity contribution in [3.8, 4) is 0 Å². The monoisotopic (exact) mass is 379 g/mol. The van der Waals surface area contributed by atoms with E-state index in [2.05, 4.69) is 15.8 Å². The van der Waals surface area contributed by atoms with Crippen LogP contribution >= 0.6 is 11.6 Å². The highest BCUT2D eigenvalue weighted by Crippen LogP contribution is 2.44. The molecule has 1 saturated carbocycles. The maximum atomic E-state index is 12.9. The van der Waals surface area contributed by atoms with Gasteiger partial charge in [0.2, 0.25) is 5.91 Å². The molecule has 2 N–H and O–H groups in total. The largest absolute Gasteiger partial charge is 0.272 e. The summed E-state index contributed by atoms with van der Waals surface area (Å²) in [7, 11) is 0. The number of pyridine rings is 1. The smallest absolute Gasteiger partial charge is 0.270 e. The van der Waals surface area contributed by atoms with Gasteiger partial charge < -0.3 is 0 Å². The van der Waals surface area contributed by atoms with Gasteiger partial charge in [-0.05, 0) is 48.7 Å². The van der Waals surface area contributed by atoms with Crippen molar-refractivity contribution in [2.75, 3.05) is 0 Å². The molecule has 4 rings (SSSR count). The summed E-state index contributed by atoms with van der Waals surface area (Å²) in [6.07, 6.45) is 4.10. The normalized spacial score (nSPS) is 15.0. The Kier molecular flexibility index (Phi) is 4.54. The Morgan fingerprint density at radius 2 is 1.81 bits per heavy atom. The number of amides is 2. The first kappa shape index (κ1) is 17.5. The summed E-state index contributed by atoms with van der Waals surface area (Å²) in [4.78, 5) is 29.7. The van der Waals surface area contributed by atoms with Crippen LogP contribution in [0.4, 0.5) is 0 Å². The van der Waals surface area contributed by atoms with Crippen molar-refractivity contribution >= 4 is 34.3 Å². The van der Waals surface area contributed by atoms with Crippen LogP contribution in [0.2, 0.25) is 5.02 Å². The Morgan fingerprint density at radius 3 is 2.56 bits per heavy atom. The summed E-state index contributed by atoms with van der Waals surface area (Å²) in [6, 6.07) is 16.3. The number of halogens is 1. The average molecular weight is 380 g/mol. The molecule has 0 unspecified atom stereocenters. The number of aromatic nitrogens is 1. The number of fused-ring (bicyclic) bond motifs is 1. The maximum Gasteiger partial charge on any atom is 0.270 e. The van der Waals surface area contributed by atoms with E-state index in [1.807, 2.05) is 30.3 Å². The average Bonchev–Trinajstić information content (AvgIpc) is 2.65. The molecule has 1 aliphatic rings. The quantitative estimate of drug-likeness (QED) is 0.680. The second-order valence-corrected chi connectivity index (χ2v) is 7.17. The van der Waals surface area contributed by atoms with Crippen LogP contribution in [0.25, 0.3) is 10.9 Å². The molecule has 0 aliphatic heterocycles. The summed E-state index contributed by atoms with van der Waals surface area (Å²) in [5, 5.41) is 1.33. The lowest BCUT2D eigenvalue weighted by molar-refractivity contribution is -0.130. The predicted molar refractivity (Wildman–Crippen MR) is 104 cm³/mol. The highest BCUT2D eigenvalue weighted by atomic mass is 35.5. The number of rotatable bonds is 3. The molecule has 3 aromatic rings. The van der Waals surface area contributed by atoms with Gasteiger partial charge in [-0.2, -0.15) is 0 Å². The fourth-order valence-corrected chi connectivity index (χ4v) is 3.76. The Hall–Kier alpha value is -2.92. The molecule has 136 valence electrons. The zero-order valence-electron chi connectivity index (χ0n) is 14.5. The van der Waals surface area contributed by atoms with Crippen LogP contribution in [0, 0.1) is 0 Å². The topological polar surface area (TPSA) is 71.1 Å². The lowest BCUT2D eigenvalue weighted by Gasteiger charge is -2.40. The SMILES string of the molecule is O=C(NNC(=O)C1(c2cccc(Cl)c2)CCC1)c1cccc2ncccc12. The Labute approximate surface area is 161 Å². The molecular weight excluding hydrogens is 362 g/mol. The number of carbonyl (C=O) groups is 2.